The highest BCUT2D eigenvalue weighted by molar-refractivity contribution is 8.00. The monoisotopic (exact) mass is 412 g/mol. The maximum atomic E-state index is 12.9. The lowest BCUT2D eigenvalue weighted by atomic mass is 10.2. The molecule has 0 radical (unpaired) electrons. The lowest BCUT2D eigenvalue weighted by Crippen LogP contribution is -2.24. The molecule has 1 atom stereocenters. The smallest absolute Gasteiger partial charge is 0.262 e. The fraction of sp³-hybridized carbons (Fsp3) is 0.316. The number of amides is 1. The Morgan fingerprint density at radius 3 is 2.83 bits per heavy atom. The zero-order valence-electron chi connectivity index (χ0n) is 16.2. The van der Waals surface area contributed by atoms with E-state index < -0.39 is 5.25 Å². The lowest BCUT2D eigenvalue weighted by molar-refractivity contribution is -0.115. The first-order valence-corrected chi connectivity index (χ1v) is 10.1. The van der Waals surface area contributed by atoms with Crippen LogP contribution in [0.2, 0.25) is 0 Å². The van der Waals surface area contributed by atoms with Gasteiger partial charge in [-0.25, -0.2) is 0 Å². The second kappa shape index (κ2) is 7.70. The molecule has 0 bridgehead atoms. The molecule has 1 aromatic carbocycles. The molecular weight excluding hydrogens is 392 g/mol. The predicted molar refractivity (Wildman–Crippen MR) is 110 cm³/mol. The molecule has 0 saturated carbocycles. The molecule has 1 amide bonds. The Morgan fingerprint density at radius 1 is 1.31 bits per heavy atom. The second-order valence-electron chi connectivity index (χ2n) is 6.67. The van der Waals surface area contributed by atoms with E-state index in [-0.39, 0.29) is 11.5 Å². The van der Waals surface area contributed by atoms with Gasteiger partial charge in [0.2, 0.25) is 17.6 Å². The highest BCUT2D eigenvalue weighted by Gasteiger charge is 2.22. The van der Waals surface area contributed by atoms with Crippen molar-refractivity contribution in [3.05, 3.63) is 46.4 Å². The van der Waals surface area contributed by atoms with Gasteiger partial charge < -0.3 is 4.52 Å². The number of fused-ring (bicyclic) bond motifs is 3. The van der Waals surface area contributed by atoms with E-state index in [2.05, 4.69) is 20.7 Å². The number of thioether (sulfide) groups is 1. The second-order valence-corrected chi connectivity index (χ2v) is 7.98. The summed E-state index contributed by atoms with van der Waals surface area (Å²) in [4.78, 5) is 25.4. The molecule has 0 saturated heterocycles. The summed E-state index contributed by atoms with van der Waals surface area (Å²) in [6.45, 7) is 6.09. The molecule has 0 fully saturated rings. The molecule has 1 N–H and O–H groups in total. The number of carbonyl (C=O) groups excluding carboxylic acids is 1. The van der Waals surface area contributed by atoms with Gasteiger partial charge in [0.25, 0.3) is 5.56 Å². The summed E-state index contributed by atoms with van der Waals surface area (Å²) in [5, 5.41) is 15.6. The van der Waals surface area contributed by atoms with E-state index in [9.17, 15) is 9.59 Å². The topological polar surface area (TPSA) is 107 Å². The van der Waals surface area contributed by atoms with Crippen LogP contribution in [-0.4, -0.2) is 35.5 Å². The van der Waals surface area contributed by atoms with Gasteiger partial charge in [0.1, 0.15) is 0 Å². The number of carbonyl (C=O) groups is 1. The van der Waals surface area contributed by atoms with Gasteiger partial charge in [0.15, 0.2) is 5.16 Å². The van der Waals surface area contributed by atoms with Gasteiger partial charge in [-0.2, -0.15) is 0 Å². The minimum absolute atomic E-state index is 0.0922. The lowest BCUT2D eigenvalue weighted by Gasteiger charge is -2.12. The summed E-state index contributed by atoms with van der Waals surface area (Å²) in [6.07, 6.45) is 0.790. The molecule has 29 heavy (non-hydrogen) atoms. The molecule has 4 rings (SSSR count). The van der Waals surface area contributed by atoms with Gasteiger partial charge in [-0.15, -0.1) is 10.2 Å². The summed E-state index contributed by atoms with van der Waals surface area (Å²) < 4.78 is 8.50. The number of para-hydroxylation sites is 1. The average Bonchev–Trinajstić information content (AvgIpc) is 3.31. The number of hydrogen-bond donors (Lipinski definition) is 1. The van der Waals surface area contributed by atoms with E-state index in [1.54, 1.807) is 30.5 Å². The normalized spacial score (nSPS) is 12.5. The number of nitrogens with zero attached hydrogens (tertiary/aromatic N) is 5. The van der Waals surface area contributed by atoms with Gasteiger partial charge >= 0.3 is 0 Å². The van der Waals surface area contributed by atoms with Crippen LogP contribution in [0, 0.1) is 6.92 Å². The van der Waals surface area contributed by atoms with Crippen molar-refractivity contribution in [3.63, 3.8) is 0 Å². The molecule has 1 unspecified atom stereocenters. The highest BCUT2D eigenvalue weighted by atomic mass is 32.2. The van der Waals surface area contributed by atoms with Gasteiger partial charge in [-0.05, 0) is 32.4 Å². The molecule has 3 heterocycles. The quantitative estimate of drug-likeness (QED) is 0.485. The number of anilines is 1. The fourth-order valence-corrected chi connectivity index (χ4v) is 3.95. The molecule has 0 aliphatic carbocycles. The number of benzene rings is 1. The Morgan fingerprint density at radius 2 is 2.10 bits per heavy atom. The third kappa shape index (κ3) is 3.51. The number of aryl methyl sites for hydroxylation is 2. The highest BCUT2D eigenvalue weighted by Crippen LogP contribution is 2.26. The van der Waals surface area contributed by atoms with E-state index in [1.807, 2.05) is 29.5 Å². The van der Waals surface area contributed by atoms with Crippen molar-refractivity contribution in [1.29, 1.82) is 0 Å². The summed E-state index contributed by atoms with van der Waals surface area (Å²) in [6, 6.07) is 8.99. The molecule has 4 aromatic rings. The maximum absolute atomic E-state index is 12.9. The van der Waals surface area contributed by atoms with Crippen LogP contribution in [0.4, 0.5) is 5.88 Å². The first-order valence-electron chi connectivity index (χ1n) is 9.27. The van der Waals surface area contributed by atoms with Crippen LogP contribution >= 0.6 is 11.8 Å². The van der Waals surface area contributed by atoms with Crippen molar-refractivity contribution in [2.75, 3.05) is 5.32 Å². The van der Waals surface area contributed by atoms with E-state index in [1.165, 1.54) is 11.8 Å². The summed E-state index contributed by atoms with van der Waals surface area (Å²) in [5.41, 5.74) is 1.31. The Bertz CT molecular complexity index is 1260. The number of aromatic nitrogens is 5. The minimum atomic E-state index is -0.474. The van der Waals surface area contributed by atoms with Crippen molar-refractivity contribution in [2.24, 2.45) is 0 Å². The van der Waals surface area contributed by atoms with Gasteiger partial charge in [0, 0.05) is 12.6 Å². The zero-order valence-corrected chi connectivity index (χ0v) is 17.1. The van der Waals surface area contributed by atoms with Crippen LogP contribution in [0.15, 0.2) is 44.8 Å². The number of rotatable bonds is 6. The molecular formula is C19H20N6O3S. The third-order valence-electron chi connectivity index (χ3n) is 4.45. The minimum Gasteiger partial charge on any atom is -0.338 e. The van der Waals surface area contributed by atoms with Crippen LogP contribution in [0.3, 0.4) is 0 Å². The van der Waals surface area contributed by atoms with Gasteiger partial charge in [0.05, 0.1) is 21.8 Å². The first-order chi connectivity index (χ1) is 14.0. The average molecular weight is 412 g/mol. The van der Waals surface area contributed by atoms with E-state index in [4.69, 9.17) is 4.52 Å². The standard InChI is InChI=1S/C19H20N6O3S/c1-4-9-24-17(27)13-7-5-6-8-14(13)25-18(24)21-22-19(25)29-12(3)16(26)20-15-10-11(2)23-28-15/h5-8,10,12H,4,9H2,1-3H3,(H,20,26). The van der Waals surface area contributed by atoms with Crippen LogP contribution in [0.25, 0.3) is 16.7 Å². The Balaban J connectivity index is 1.72. The van der Waals surface area contributed by atoms with Crippen LogP contribution in [0.5, 0.6) is 0 Å². The molecule has 10 heteroatoms. The molecule has 0 aliphatic rings. The number of nitrogens with one attached hydrogen (secondary N) is 1. The maximum Gasteiger partial charge on any atom is 0.262 e. The Labute approximate surface area is 170 Å². The molecule has 9 nitrogen and oxygen atoms in total. The molecule has 0 spiro atoms. The summed E-state index contributed by atoms with van der Waals surface area (Å²) in [5.74, 6) is 0.527. The predicted octanol–water partition coefficient (Wildman–Crippen LogP) is 2.87. The van der Waals surface area contributed by atoms with Crippen molar-refractivity contribution < 1.29 is 9.32 Å². The van der Waals surface area contributed by atoms with E-state index in [0.29, 0.717) is 40.0 Å². The van der Waals surface area contributed by atoms with Crippen molar-refractivity contribution in [2.45, 2.75) is 44.1 Å². The Hall–Kier alpha value is -3.14. The van der Waals surface area contributed by atoms with Gasteiger partial charge in [-0.3, -0.25) is 23.9 Å². The van der Waals surface area contributed by atoms with Crippen LogP contribution in [0.1, 0.15) is 26.0 Å². The van der Waals surface area contributed by atoms with Crippen LogP contribution in [-0.2, 0) is 11.3 Å². The Kier molecular flexibility index (Phi) is 5.10. The van der Waals surface area contributed by atoms with Crippen molar-refractivity contribution in [1.82, 2.24) is 24.3 Å². The number of hydrogen-bond acceptors (Lipinski definition) is 7. The van der Waals surface area contributed by atoms with Gasteiger partial charge in [-0.1, -0.05) is 36.0 Å². The largest absolute Gasteiger partial charge is 0.338 e. The SMILES string of the molecule is CCCn1c(=O)c2ccccc2n2c(SC(C)C(=O)Nc3cc(C)no3)nnc12. The molecule has 3 aromatic heterocycles. The van der Waals surface area contributed by atoms with Crippen molar-refractivity contribution in [3.8, 4) is 0 Å². The third-order valence-corrected chi connectivity index (χ3v) is 5.49. The fourth-order valence-electron chi connectivity index (χ4n) is 3.09. The van der Waals surface area contributed by atoms with E-state index >= 15 is 0 Å². The molecule has 150 valence electrons. The van der Waals surface area contributed by atoms with Crippen LogP contribution < -0.4 is 10.9 Å². The first kappa shape index (κ1) is 19.2. The van der Waals surface area contributed by atoms with E-state index in [0.717, 1.165) is 6.42 Å². The summed E-state index contributed by atoms with van der Waals surface area (Å²) >= 11 is 1.26. The molecule has 0 aliphatic heterocycles. The zero-order chi connectivity index (χ0) is 20.5. The van der Waals surface area contributed by atoms with Crippen molar-refractivity contribution >= 4 is 40.2 Å². The summed E-state index contributed by atoms with van der Waals surface area (Å²) in [7, 11) is 0.